The van der Waals surface area contributed by atoms with E-state index in [1.54, 1.807) is 0 Å². The van der Waals surface area contributed by atoms with Crippen LogP contribution in [0.15, 0.2) is 91.0 Å². The minimum atomic E-state index is -0.435. The number of β-lactam (4-membered cyclic amide) rings is 1. The lowest BCUT2D eigenvalue weighted by molar-refractivity contribution is -0.136. The maximum absolute atomic E-state index is 13.0. The summed E-state index contributed by atoms with van der Waals surface area (Å²) in [6, 6.07) is 30.0. The van der Waals surface area contributed by atoms with Crippen LogP contribution in [-0.4, -0.2) is 17.6 Å². The molecular weight excluding hydrogens is 322 g/mol. The first-order valence-corrected chi connectivity index (χ1v) is 8.96. The number of amides is 1. The van der Waals surface area contributed by atoms with Gasteiger partial charge in [-0.2, -0.15) is 0 Å². The van der Waals surface area contributed by atoms with E-state index in [4.69, 9.17) is 4.74 Å². The molecule has 1 aliphatic carbocycles. The molecule has 2 aliphatic rings. The zero-order valence-electron chi connectivity index (χ0n) is 14.3. The van der Waals surface area contributed by atoms with Gasteiger partial charge in [0, 0.05) is 11.6 Å². The molecule has 1 spiro atoms. The Kier molecular flexibility index (Phi) is 3.35. The van der Waals surface area contributed by atoms with Crippen LogP contribution in [-0.2, 0) is 4.79 Å². The second-order valence-electron chi connectivity index (χ2n) is 6.98. The van der Waals surface area contributed by atoms with Crippen LogP contribution in [0.5, 0.6) is 5.75 Å². The zero-order chi connectivity index (χ0) is 17.6. The highest BCUT2D eigenvalue weighted by molar-refractivity contribution is 6.09. The number of hydrogen-bond acceptors (Lipinski definition) is 2. The van der Waals surface area contributed by atoms with E-state index < -0.39 is 6.10 Å². The Labute approximate surface area is 152 Å². The number of hydrogen-bond donors (Lipinski definition) is 0. The number of carbonyl (C=O) groups is 1. The van der Waals surface area contributed by atoms with Gasteiger partial charge in [-0.1, -0.05) is 66.7 Å². The normalized spacial score (nSPS) is 26.5. The van der Waals surface area contributed by atoms with Crippen LogP contribution in [0, 0.1) is 0 Å². The molecule has 0 bridgehead atoms. The molecule has 1 aliphatic heterocycles. The van der Waals surface area contributed by atoms with E-state index in [1.807, 2.05) is 71.6 Å². The Morgan fingerprint density at radius 1 is 0.808 bits per heavy atom. The molecule has 128 valence electrons. The summed E-state index contributed by atoms with van der Waals surface area (Å²) in [7, 11) is 0. The number of rotatable bonds is 4. The third kappa shape index (κ3) is 2.17. The van der Waals surface area contributed by atoms with Crippen molar-refractivity contribution in [1.82, 2.24) is 0 Å². The molecule has 1 amide bonds. The molecule has 1 saturated heterocycles. The van der Waals surface area contributed by atoms with Gasteiger partial charge < -0.3 is 4.74 Å². The summed E-state index contributed by atoms with van der Waals surface area (Å²) in [4.78, 5) is 14.9. The van der Waals surface area contributed by atoms with Crippen LogP contribution in [0.25, 0.3) is 0 Å². The molecule has 2 fully saturated rings. The first-order valence-electron chi connectivity index (χ1n) is 8.96. The minimum absolute atomic E-state index is 0.0403. The highest BCUT2D eigenvalue weighted by atomic mass is 16.5. The fourth-order valence-electron chi connectivity index (χ4n) is 4.22. The maximum Gasteiger partial charge on any atom is 0.271 e. The van der Waals surface area contributed by atoms with Gasteiger partial charge >= 0.3 is 0 Å². The van der Waals surface area contributed by atoms with Crippen molar-refractivity contribution in [2.45, 2.75) is 24.0 Å². The van der Waals surface area contributed by atoms with Crippen molar-refractivity contribution in [3.05, 3.63) is 96.6 Å². The summed E-state index contributed by atoms with van der Waals surface area (Å²) >= 11 is 0. The third-order valence-electron chi connectivity index (χ3n) is 5.50. The smallest absolute Gasteiger partial charge is 0.271 e. The standard InChI is InChI=1S/C23H19NO2/c25-22-21(26-19-14-8-3-9-15-19)23(24(22)18-12-6-2-7-13-18)16-20(23)17-10-4-1-5-11-17/h1-15,20-21H,16H2/t20-,21+,23-/m0/s1. The fourth-order valence-corrected chi connectivity index (χ4v) is 4.22. The average molecular weight is 341 g/mol. The van der Waals surface area contributed by atoms with Gasteiger partial charge in [0.25, 0.3) is 5.91 Å². The Hall–Kier alpha value is -3.07. The number of benzene rings is 3. The first-order chi connectivity index (χ1) is 12.8. The van der Waals surface area contributed by atoms with Gasteiger partial charge in [0.15, 0.2) is 0 Å². The molecule has 1 heterocycles. The van der Waals surface area contributed by atoms with Crippen molar-refractivity contribution in [2.75, 3.05) is 4.90 Å². The predicted molar refractivity (Wildman–Crippen MR) is 101 cm³/mol. The predicted octanol–water partition coefficient (Wildman–Crippen LogP) is 4.41. The lowest BCUT2D eigenvalue weighted by atomic mass is 9.89. The molecular formula is C23H19NO2. The van der Waals surface area contributed by atoms with Crippen molar-refractivity contribution in [3.8, 4) is 5.75 Å². The molecule has 0 unspecified atom stereocenters. The van der Waals surface area contributed by atoms with Crippen molar-refractivity contribution in [3.63, 3.8) is 0 Å². The van der Waals surface area contributed by atoms with Crippen LogP contribution in [0.2, 0.25) is 0 Å². The van der Waals surface area contributed by atoms with E-state index >= 15 is 0 Å². The number of ether oxygens (including phenoxy) is 1. The molecule has 1 saturated carbocycles. The van der Waals surface area contributed by atoms with Crippen LogP contribution in [0.3, 0.4) is 0 Å². The number of carbonyl (C=O) groups excluding carboxylic acids is 1. The molecule has 3 heteroatoms. The summed E-state index contributed by atoms with van der Waals surface area (Å²) in [6.07, 6.45) is 0.491. The number of nitrogens with zero attached hydrogens (tertiary/aromatic N) is 1. The summed E-state index contributed by atoms with van der Waals surface area (Å²) in [5.41, 5.74) is 1.93. The molecule has 0 N–H and O–H groups in total. The van der Waals surface area contributed by atoms with E-state index in [9.17, 15) is 4.79 Å². The van der Waals surface area contributed by atoms with Crippen molar-refractivity contribution in [2.24, 2.45) is 0 Å². The Bertz CT molecular complexity index is 926. The van der Waals surface area contributed by atoms with Crippen molar-refractivity contribution >= 4 is 11.6 Å². The molecule has 3 aromatic rings. The SMILES string of the molecule is O=C1[C@@H](Oc2ccccc2)[C@@]2(C[C@H]2c2ccccc2)N1c1ccccc1. The first kappa shape index (κ1) is 15.2. The summed E-state index contributed by atoms with van der Waals surface area (Å²) in [5.74, 6) is 1.09. The zero-order valence-corrected chi connectivity index (χ0v) is 14.3. The van der Waals surface area contributed by atoms with Gasteiger partial charge in [0.05, 0.1) is 0 Å². The van der Waals surface area contributed by atoms with Gasteiger partial charge in [-0.05, 0) is 36.2 Å². The summed E-state index contributed by atoms with van der Waals surface area (Å²) in [5, 5.41) is 0. The highest BCUT2D eigenvalue weighted by Crippen LogP contribution is 2.64. The van der Waals surface area contributed by atoms with Crippen LogP contribution >= 0.6 is 0 Å². The van der Waals surface area contributed by atoms with E-state index in [0.29, 0.717) is 5.92 Å². The Morgan fingerprint density at radius 3 is 2.04 bits per heavy atom. The average Bonchev–Trinajstić information content (AvgIpc) is 3.46. The van der Waals surface area contributed by atoms with Gasteiger partial charge in [0.2, 0.25) is 6.10 Å². The lowest BCUT2D eigenvalue weighted by Crippen LogP contribution is -2.70. The second kappa shape index (κ2) is 5.73. The van der Waals surface area contributed by atoms with Crippen molar-refractivity contribution < 1.29 is 9.53 Å². The fraction of sp³-hybridized carbons (Fsp3) is 0.174. The molecule has 26 heavy (non-hydrogen) atoms. The molecule has 0 radical (unpaired) electrons. The monoisotopic (exact) mass is 341 g/mol. The van der Waals surface area contributed by atoms with Gasteiger partial charge in [0.1, 0.15) is 11.3 Å². The van der Waals surface area contributed by atoms with Gasteiger partial charge in [-0.15, -0.1) is 0 Å². The van der Waals surface area contributed by atoms with Crippen LogP contribution in [0.1, 0.15) is 17.9 Å². The van der Waals surface area contributed by atoms with Crippen LogP contribution < -0.4 is 9.64 Å². The number of para-hydroxylation sites is 2. The largest absolute Gasteiger partial charge is 0.478 e. The maximum atomic E-state index is 13.0. The quantitative estimate of drug-likeness (QED) is 0.658. The Morgan fingerprint density at radius 2 is 1.38 bits per heavy atom. The van der Waals surface area contributed by atoms with Crippen molar-refractivity contribution in [1.29, 1.82) is 0 Å². The molecule has 3 nitrogen and oxygen atoms in total. The molecule has 0 aromatic heterocycles. The van der Waals surface area contributed by atoms with Gasteiger partial charge in [-0.25, -0.2) is 0 Å². The summed E-state index contributed by atoms with van der Waals surface area (Å²) in [6.45, 7) is 0. The van der Waals surface area contributed by atoms with E-state index in [1.165, 1.54) is 5.56 Å². The minimum Gasteiger partial charge on any atom is -0.478 e. The van der Waals surface area contributed by atoms with E-state index in [-0.39, 0.29) is 11.4 Å². The second-order valence-corrected chi connectivity index (χ2v) is 6.98. The topological polar surface area (TPSA) is 29.5 Å². The number of anilines is 1. The molecule has 5 rings (SSSR count). The lowest BCUT2D eigenvalue weighted by Gasteiger charge is -2.48. The van der Waals surface area contributed by atoms with E-state index in [2.05, 4.69) is 24.3 Å². The third-order valence-corrected chi connectivity index (χ3v) is 5.50. The molecule has 3 atom stereocenters. The molecule has 3 aromatic carbocycles. The van der Waals surface area contributed by atoms with Crippen LogP contribution in [0.4, 0.5) is 5.69 Å². The van der Waals surface area contributed by atoms with E-state index in [0.717, 1.165) is 17.9 Å². The Balaban J connectivity index is 1.51. The van der Waals surface area contributed by atoms with Gasteiger partial charge in [-0.3, -0.25) is 9.69 Å². The summed E-state index contributed by atoms with van der Waals surface area (Å²) < 4.78 is 6.15. The highest BCUT2D eigenvalue weighted by Gasteiger charge is 2.76.